The second kappa shape index (κ2) is 10.2. The van der Waals surface area contributed by atoms with Crippen molar-refractivity contribution in [3.63, 3.8) is 0 Å². The second-order valence-corrected chi connectivity index (χ2v) is 8.13. The molecule has 0 amide bonds. The van der Waals surface area contributed by atoms with Gasteiger partial charge in [0.2, 0.25) is 0 Å². The Hall–Kier alpha value is -3.58. The SMILES string of the molecule is COc1ccc(OCc2nnc(SC(C(=O)c3ccccc3)c3ccccc3)n2C)cc1. The van der Waals surface area contributed by atoms with Crippen molar-refractivity contribution in [2.75, 3.05) is 7.11 Å². The number of methoxy groups -OCH3 is 1. The molecule has 0 spiro atoms. The molecule has 0 fully saturated rings. The summed E-state index contributed by atoms with van der Waals surface area (Å²) in [5, 5.41) is 8.81. The van der Waals surface area contributed by atoms with Gasteiger partial charge in [-0.2, -0.15) is 0 Å². The van der Waals surface area contributed by atoms with Gasteiger partial charge in [-0.25, -0.2) is 0 Å². The van der Waals surface area contributed by atoms with Crippen molar-refractivity contribution in [1.29, 1.82) is 0 Å². The molecule has 3 aromatic carbocycles. The molecule has 0 aliphatic rings. The van der Waals surface area contributed by atoms with Crippen LogP contribution in [0.25, 0.3) is 0 Å². The number of Topliss-reactive ketones (excluding diaryl/α,β-unsaturated/α-hetero) is 1. The van der Waals surface area contributed by atoms with Crippen molar-refractivity contribution in [3.05, 3.63) is 102 Å². The fraction of sp³-hybridized carbons (Fsp3) is 0.160. The van der Waals surface area contributed by atoms with Crippen LogP contribution >= 0.6 is 11.8 Å². The maximum Gasteiger partial charge on any atom is 0.192 e. The second-order valence-electron chi connectivity index (χ2n) is 7.06. The minimum atomic E-state index is -0.433. The maximum absolute atomic E-state index is 13.3. The van der Waals surface area contributed by atoms with Crippen LogP contribution in [-0.2, 0) is 13.7 Å². The molecule has 7 heteroatoms. The van der Waals surface area contributed by atoms with Gasteiger partial charge in [0.25, 0.3) is 0 Å². The normalized spacial score (nSPS) is 11.7. The third-order valence-electron chi connectivity index (χ3n) is 4.97. The number of ketones is 1. The number of ether oxygens (including phenoxy) is 2. The van der Waals surface area contributed by atoms with E-state index in [2.05, 4.69) is 10.2 Å². The molecule has 1 atom stereocenters. The fourth-order valence-electron chi connectivity index (χ4n) is 3.15. The molecule has 32 heavy (non-hydrogen) atoms. The van der Waals surface area contributed by atoms with Crippen molar-refractivity contribution in [3.8, 4) is 11.5 Å². The molecule has 6 nitrogen and oxygen atoms in total. The lowest BCUT2D eigenvalue weighted by Gasteiger charge is -2.16. The summed E-state index contributed by atoms with van der Waals surface area (Å²) in [7, 11) is 3.50. The van der Waals surface area contributed by atoms with Crippen LogP contribution in [0.15, 0.2) is 90.1 Å². The van der Waals surface area contributed by atoms with Crippen molar-refractivity contribution in [1.82, 2.24) is 14.8 Å². The molecule has 0 saturated heterocycles. The summed E-state index contributed by atoms with van der Waals surface area (Å²) in [5.74, 6) is 2.18. The largest absolute Gasteiger partial charge is 0.497 e. The number of hydrogen-bond donors (Lipinski definition) is 0. The molecule has 0 saturated carbocycles. The van der Waals surface area contributed by atoms with Gasteiger partial charge in [0.1, 0.15) is 23.4 Å². The van der Waals surface area contributed by atoms with Crippen molar-refractivity contribution in [2.45, 2.75) is 17.0 Å². The first-order valence-electron chi connectivity index (χ1n) is 10.1. The zero-order valence-electron chi connectivity index (χ0n) is 17.8. The Morgan fingerprint density at radius 1 is 0.906 bits per heavy atom. The van der Waals surface area contributed by atoms with Crippen LogP contribution in [0.4, 0.5) is 0 Å². The van der Waals surface area contributed by atoms with E-state index in [1.54, 1.807) is 7.11 Å². The van der Waals surface area contributed by atoms with E-state index in [-0.39, 0.29) is 12.4 Å². The molecule has 1 heterocycles. The van der Waals surface area contributed by atoms with Gasteiger partial charge in [-0.15, -0.1) is 10.2 Å². The van der Waals surface area contributed by atoms with Crippen molar-refractivity contribution >= 4 is 17.5 Å². The minimum Gasteiger partial charge on any atom is -0.497 e. The molecule has 0 aliphatic carbocycles. The van der Waals surface area contributed by atoms with Crippen molar-refractivity contribution < 1.29 is 14.3 Å². The van der Waals surface area contributed by atoms with Crippen LogP contribution in [-0.4, -0.2) is 27.7 Å². The smallest absolute Gasteiger partial charge is 0.192 e. The van der Waals surface area contributed by atoms with Gasteiger partial charge in [0.15, 0.2) is 16.8 Å². The fourth-order valence-corrected chi connectivity index (χ4v) is 4.25. The zero-order valence-corrected chi connectivity index (χ0v) is 18.7. The molecule has 4 aromatic rings. The number of thioether (sulfide) groups is 1. The van der Waals surface area contributed by atoms with Gasteiger partial charge < -0.3 is 14.0 Å². The first kappa shape index (κ1) is 21.6. The Morgan fingerprint density at radius 2 is 1.53 bits per heavy atom. The molecule has 0 N–H and O–H groups in total. The van der Waals surface area contributed by atoms with Crippen LogP contribution in [0.3, 0.4) is 0 Å². The van der Waals surface area contributed by atoms with Crippen LogP contribution in [0.1, 0.15) is 27.0 Å². The van der Waals surface area contributed by atoms with E-state index in [0.29, 0.717) is 22.3 Å². The molecule has 0 radical (unpaired) electrons. The number of carbonyl (C=O) groups is 1. The third-order valence-corrected chi connectivity index (χ3v) is 6.26. The highest BCUT2D eigenvalue weighted by molar-refractivity contribution is 8.00. The summed E-state index contributed by atoms with van der Waals surface area (Å²) in [6, 6.07) is 26.4. The summed E-state index contributed by atoms with van der Waals surface area (Å²) in [6.07, 6.45) is 0. The molecular formula is C25H23N3O3S. The van der Waals surface area contributed by atoms with E-state index in [1.165, 1.54) is 11.8 Å². The third kappa shape index (κ3) is 5.00. The maximum atomic E-state index is 13.3. The van der Waals surface area contributed by atoms with E-state index in [1.807, 2.05) is 96.5 Å². The predicted octanol–water partition coefficient (Wildman–Crippen LogP) is 5.12. The van der Waals surface area contributed by atoms with E-state index >= 15 is 0 Å². The lowest BCUT2D eigenvalue weighted by atomic mass is 10.0. The zero-order chi connectivity index (χ0) is 22.3. The summed E-state index contributed by atoms with van der Waals surface area (Å²) in [5.41, 5.74) is 1.59. The summed E-state index contributed by atoms with van der Waals surface area (Å²) in [6.45, 7) is 0.263. The monoisotopic (exact) mass is 445 g/mol. The molecule has 1 unspecified atom stereocenters. The molecule has 0 bridgehead atoms. The Bertz CT molecular complexity index is 1160. The lowest BCUT2D eigenvalue weighted by molar-refractivity contribution is 0.0989. The minimum absolute atomic E-state index is 0.0285. The molecular weight excluding hydrogens is 422 g/mol. The van der Waals surface area contributed by atoms with Gasteiger partial charge in [0, 0.05) is 12.6 Å². The van der Waals surface area contributed by atoms with Gasteiger partial charge in [-0.05, 0) is 29.8 Å². The number of nitrogens with zero attached hydrogens (tertiary/aromatic N) is 3. The first-order valence-corrected chi connectivity index (χ1v) is 11.0. The van der Waals surface area contributed by atoms with E-state index in [9.17, 15) is 4.79 Å². The van der Waals surface area contributed by atoms with E-state index in [0.717, 1.165) is 11.3 Å². The summed E-state index contributed by atoms with van der Waals surface area (Å²) in [4.78, 5) is 13.3. The van der Waals surface area contributed by atoms with Gasteiger partial charge in [-0.1, -0.05) is 72.4 Å². The number of benzene rings is 3. The number of hydrogen-bond acceptors (Lipinski definition) is 6. The van der Waals surface area contributed by atoms with Crippen LogP contribution in [0, 0.1) is 0 Å². The molecule has 162 valence electrons. The summed E-state index contributed by atoms with van der Waals surface area (Å²) >= 11 is 1.39. The number of aromatic nitrogens is 3. The van der Waals surface area contributed by atoms with E-state index < -0.39 is 5.25 Å². The van der Waals surface area contributed by atoms with Crippen LogP contribution in [0.2, 0.25) is 0 Å². The molecule has 1 aromatic heterocycles. The van der Waals surface area contributed by atoms with Crippen LogP contribution < -0.4 is 9.47 Å². The Balaban J connectivity index is 1.52. The van der Waals surface area contributed by atoms with Gasteiger partial charge in [-0.3, -0.25) is 4.79 Å². The quantitative estimate of drug-likeness (QED) is 0.263. The highest BCUT2D eigenvalue weighted by Gasteiger charge is 2.26. The average molecular weight is 446 g/mol. The standard InChI is InChI=1S/C25H23N3O3S/c1-28-22(17-31-21-15-13-20(30-2)14-16-21)26-27-25(28)32-24(19-11-7-4-8-12-19)23(29)18-9-5-3-6-10-18/h3-16,24H,17H2,1-2H3. The summed E-state index contributed by atoms with van der Waals surface area (Å²) < 4.78 is 12.9. The molecule has 4 rings (SSSR count). The number of rotatable bonds is 9. The number of carbonyl (C=O) groups excluding carboxylic acids is 1. The predicted molar refractivity (Wildman–Crippen MR) is 124 cm³/mol. The molecule has 0 aliphatic heterocycles. The van der Waals surface area contributed by atoms with Gasteiger partial charge >= 0.3 is 0 Å². The Morgan fingerprint density at radius 3 is 2.19 bits per heavy atom. The van der Waals surface area contributed by atoms with E-state index in [4.69, 9.17) is 9.47 Å². The average Bonchev–Trinajstić information content (AvgIpc) is 3.21. The topological polar surface area (TPSA) is 66.2 Å². The Labute approximate surface area is 191 Å². The Kier molecular flexibility index (Phi) is 6.87. The highest BCUT2D eigenvalue weighted by Crippen LogP contribution is 2.37. The highest BCUT2D eigenvalue weighted by atomic mass is 32.2. The van der Waals surface area contributed by atoms with Crippen LogP contribution in [0.5, 0.6) is 11.5 Å². The van der Waals surface area contributed by atoms with Gasteiger partial charge in [0.05, 0.1) is 7.11 Å². The lowest BCUT2D eigenvalue weighted by Crippen LogP contribution is -2.11. The first-order chi connectivity index (χ1) is 15.7. The van der Waals surface area contributed by atoms with Crippen molar-refractivity contribution in [2.24, 2.45) is 7.05 Å².